The fourth-order valence-electron chi connectivity index (χ4n) is 4.49. The van der Waals surface area contributed by atoms with Gasteiger partial charge in [-0.15, -0.1) is 0 Å². The van der Waals surface area contributed by atoms with Gasteiger partial charge in [-0.25, -0.2) is 0 Å². The van der Waals surface area contributed by atoms with Gasteiger partial charge < -0.3 is 19.5 Å². The van der Waals surface area contributed by atoms with Gasteiger partial charge in [-0.3, -0.25) is 14.4 Å². The smallest absolute Gasteiger partial charge is 0.313 e. The molecule has 196 valence electrons. The van der Waals surface area contributed by atoms with Gasteiger partial charge in [0, 0.05) is 7.05 Å². The molecule has 35 heavy (non-hydrogen) atoms. The molecule has 1 N–H and O–H groups in total. The Morgan fingerprint density at radius 2 is 1.69 bits per heavy atom. The molecule has 2 unspecified atom stereocenters. The SMILES string of the molecule is CCCCCCCC1OC(=O)C[C@@H](O)[C@H](Cc2ccccc2)N(C)C(=O)C(C(C)C)OC(=O)[C@H]1C. The van der Waals surface area contributed by atoms with Crippen LogP contribution in [0.25, 0.3) is 0 Å². The van der Waals surface area contributed by atoms with E-state index in [2.05, 4.69) is 6.92 Å². The number of carbonyl (C=O) groups excluding carboxylic acids is 3. The molecule has 1 aliphatic heterocycles. The molecule has 1 aromatic carbocycles. The molecule has 1 heterocycles. The zero-order valence-electron chi connectivity index (χ0n) is 21.9. The quantitative estimate of drug-likeness (QED) is 0.411. The van der Waals surface area contributed by atoms with Gasteiger partial charge >= 0.3 is 11.9 Å². The Labute approximate surface area is 210 Å². The molecule has 1 aliphatic rings. The number of rotatable bonds is 9. The van der Waals surface area contributed by atoms with Crippen LogP contribution in [0.4, 0.5) is 0 Å². The lowest BCUT2D eigenvalue weighted by atomic mass is 9.95. The highest BCUT2D eigenvalue weighted by Gasteiger charge is 2.39. The van der Waals surface area contributed by atoms with Gasteiger partial charge in [0.2, 0.25) is 0 Å². The Morgan fingerprint density at radius 3 is 2.31 bits per heavy atom. The van der Waals surface area contributed by atoms with Crippen LogP contribution < -0.4 is 0 Å². The minimum absolute atomic E-state index is 0.254. The molecule has 1 amide bonds. The van der Waals surface area contributed by atoms with Crippen LogP contribution in [0.2, 0.25) is 0 Å². The van der Waals surface area contributed by atoms with Crippen LogP contribution in [-0.4, -0.2) is 59.3 Å². The number of ether oxygens (including phenoxy) is 2. The van der Waals surface area contributed by atoms with Crippen molar-refractivity contribution >= 4 is 17.8 Å². The Morgan fingerprint density at radius 1 is 1.03 bits per heavy atom. The van der Waals surface area contributed by atoms with Crippen LogP contribution in [0.5, 0.6) is 0 Å². The van der Waals surface area contributed by atoms with E-state index in [9.17, 15) is 19.5 Å². The molecule has 0 bridgehead atoms. The maximum Gasteiger partial charge on any atom is 0.313 e. The summed E-state index contributed by atoms with van der Waals surface area (Å²) >= 11 is 0. The first-order valence-electron chi connectivity index (χ1n) is 13.0. The summed E-state index contributed by atoms with van der Waals surface area (Å²) in [5.41, 5.74) is 0.924. The number of likely N-dealkylation sites (N-methyl/N-ethyl adjacent to an activating group) is 1. The Balaban J connectivity index is 2.31. The number of aliphatic hydroxyl groups excluding tert-OH is 1. The highest BCUT2D eigenvalue weighted by molar-refractivity contribution is 5.85. The molecular formula is C28H43NO6. The Bertz CT molecular complexity index is 811. The number of cyclic esters (lactones) is 2. The third-order valence-electron chi connectivity index (χ3n) is 6.85. The van der Waals surface area contributed by atoms with E-state index in [-0.39, 0.29) is 18.2 Å². The zero-order chi connectivity index (χ0) is 26.0. The molecule has 1 saturated heterocycles. The molecule has 1 aromatic rings. The summed E-state index contributed by atoms with van der Waals surface area (Å²) in [7, 11) is 1.59. The molecule has 0 radical (unpaired) electrons. The minimum atomic E-state index is -1.12. The van der Waals surface area contributed by atoms with Crippen LogP contribution >= 0.6 is 0 Å². The first-order valence-corrected chi connectivity index (χ1v) is 13.0. The summed E-state index contributed by atoms with van der Waals surface area (Å²) < 4.78 is 11.5. The van der Waals surface area contributed by atoms with E-state index in [1.165, 1.54) is 4.90 Å². The van der Waals surface area contributed by atoms with Crippen molar-refractivity contribution in [1.82, 2.24) is 4.90 Å². The molecule has 1 fully saturated rings. The van der Waals surface area contributed by atoms with Gasteiger partial charge in [0.25, 0.3) is 5.91 Å². The summed E-state index contributed by atoms with van der Waals surface area (Å²) in [5, 5.41) is 11.1. The highest BCUT2D eigenvalue weighted by Crippen LogP contribution is 2.24. The number of hydrogen-bond donors (Lipinski definition) is 1. The number of amides is 1. The average molecular weight is 490 g/mol. The third kappa shape index (κ3) is 8.64. The normalized spacial score (nSPS) is 26.7. The lowest BCUT2D eigenvalue weighted by molar-refractivity contribution is -0.176. The summed E-state index contributed by atoms with van der Waals surface area (Å²) in [4.78, 5) is 40.8. The molecule has 7 nitrogen and oxygen atoms in total. The Hall–Kier alpha value is -2.41. The van der Waals surface area contributed by atoms with E-state index < -0.39 is 42.2 Å². The van der Waals surface area contributed by atoms with E-state index in [4.69, 9.17) is 9.47 Å². The highest BCUT2D eigenvalue weighted by atomic mass is 16.6. The van der Waals surface area contributed by atoms with Crippen molar-refractivity contribution in [1.29, 1.82) is 0 Å². The number of benzene rings is 1. The first kappa shape index (κ1) is 28.8. The van der Waals surface area contributed by atoms with Crippen molar-refractivity contribution in [2.75, 3.05) is 7.05 Å². The van der Waals surface area contributed by atoms with Gasteiger partial charge in [0.15, 0.2) is 6.10 Å². The standard InChI is InChI=1S/C28H43NO6/c1-6-7-8-9-13-16-24-20(4)28(33)35-26(19(2)3)27(32)29(5)22(23(30)18-25(31)34-24)17-21-14-11-10-12-15-21/h10-12,14-15,19-20,22-24,26,30H,6-9,13,16-18H2,1-5H3/t20-,22-,23+,24?,26?/m0/s1. The van der Waals surface area contributed by atoms with Gasteiger partial charge in [-0.05, 0) is 37.7 Å². The van der Waals surface area contributed by atoms with E-state index >= 15 is 0 Å². The van der Waals surface area contributed by atoms with E-state index in [0.717, 1.165) is 37.7 Å². The van der Waals surface area contributed by atoms with Crippen LogP contribution in [0.3, 0.4) is 0 Å². The van der Waals surface area contributed by atoms with Crippen LogP contribution in [0.1, 0.15) is 78.2 Å². The molecule has 0 saturated carbocycles. The topological polar surface area (TPSA) is 93.1 Å². The van der Waals surface area contributed by atoms with E-state index in [1.807, 2.05) is 44.2 Å². The third-order valence-corrected chi connectivity index (χ3v) is 6.85. The lowest BCUT2D eigenvalue weighted by Gasteiger charge is -2.36. The number of nitrogens with zero attached hydrogens (tertiary/aromatic N) is 1. The molecular weight excluding hydrogens is 446 g/mol. The lowest BCUT2D eigenvalue weighted by Crippen LogP contribution is -2.53. The fraction of sp³-hybridized carbons (Fsp3) is 0.679. The van der Waals surface area contributed by atoms with Crippen molar-refractivity contribution in [3.63, 3.8) is 0 Å². The van der Waals surface area contributed by atoms with Crippen LogP contribution in [0, 0.1) is 11.8 Å². The van der Waals surface area contributed by atoms with Crippen molar-refractivity contribution in [3.05, 3.63) is 35.9 Å². The molecule has 0 aromatic heterocycles. The van der Waals surface area contributed by atoms with Gasteiger partial charge in [0.1, 0.15) is 6.10 Å². The predicted molar refractivity (Wildman–Crippen MR) is 134 cm³/mol. The summed E-state index contributed by atoms with van der Waals surface area (Å²) in [6, 6.07) is 8.81. The molecule has 2 rings (SSSR count). The maximum atomic E-state index is 13.5. The number of aliphatic hydroxyl groups is 1. The van der Waals surface area contributed by atoms with Crippen LogP contribution in [0.15, 0.2) is 30.3 Å². The van der Waals surface area contributed by atoms with Gasteiger partial charge in [0.05, 0.1) is 24.5 Å². The largest absolute Gasteiger partial charge is 0.461 e. The van der Waals surface area contributed by atoms with E-state index in [1.54, 1.807) is 14.0 Å². The second-order valence-electron chi connectivity index (χ2n) is 10.1. The monoisotopic (exact) mass is 489 g/mol. The maximum absolute atomic E-state index is 13.5. The second kappa shape index (κ2) is 14.2. The predicted octanol–water partition coefficient (Wildman–Crippen LogP) is 4.30. The number of unbranched alkanes of at least 4 members (excludes halogenated alkanes) is 4. The average Bonchev–Trinajstić information content (AvgIpc) is 2.83. The fourth-order valence-corrected chi connectivity index (χ4v) is 4.49. The number of hydrogen-bond acceptors (Lipinski definition) is 6. The summed E-state index contributed by atoms with van der Waals surface area (Å²) in [6.45, 7) is 7.48. The van der Waals surface area contributed by atoms with Crippen molar-refractivity contribution in [2.24, 2.45) is 11.8 Å². The number of carbonyl (C=O) groups is 3. The van der Waals surface area contributed by atoms with Crippen molar-refractivity contribution in [2.45, 2.75) is 103 Å². The van der Waals surface area contributed by atoms with Crippen molar-refractivity contribution in [3.8, 4) is 0 Å². The molecule has 7 heteroatoms. The Kier molecular flexibility index (Phi) is 11.7. The van der Waals surface area contributed by atoms with Gasteiger partial charge in [-0.2, -0.15) is 0 Å². The van der Waals surface area contributed by atoms with Gasteiger partial charge in [-0.1, -0.05) is 76.8 Å². The van der Waals surface area contributed by atoms with Crippen LogP contribution in [-0.2, 0) is 30.3 Å². The minimum Gasteiger partial charge on any atom is -0.461 e. The molecule has 0 spiro atoms. The van der Waals surface area contributed by atoms with E-state index in [0.29, 0.717) is 12.8 Å². The van der Waals surface area contributed by atoms with Crippen molar-refractivity contribution < 1.29 is 29.0 Å². The second-order valence-corrected chi connectivity index (χ2v) is 10.1. The zero-order valence-corrected chi connectivity index (χ0v) is 21.9. The summed E-state index contributed by atoms with van der Waals surface area (Å²) in [5.74, 6) is -2.46. The number of esters is 2. The first-order chi connectivity index (χ1) is 16.6. The summed E-state index contributed by atoms with van der Waals surface area (Å²) in [6.07, 6.45) is 3.04. The molecule has 0 aliphatic carbocycles. The molecule has 5 atom stereocenters.